The van der Waals surface area contributed by atoms with E-state index in [1.54, 1.807) is 0 Å². The third kappa shape index (κ3) is 3.00. The summed E-state index contributed by atoms with van der Waals surface area (Å²) < 4.78 is 32.2. The average molecular weight is 300 g/mol. The standard InChI is InChI=1S/C13H8ClF2NOS/c14-9-2-1-3-11(12(9)16)18-10-5-4-7(15)6-8(10)13(17)19/h1-6H,(H2,17,19). The normalized spacial score (nSPS) is 10.3. The molecule has 0 aliphatic carbocycles. The molecule has 0 unspecified atom stereocenters. The van der Waals surface area contributed by atoms with Crippen LogP contribution >= 0.6 is 23.8 Å². The van der Waals surface area contributed by atoms with Crippen LogP contribution in [-0.4, -0.2) is 4.99 Å². The van der Waals surface area contributed by atoms with Crippen LogP contribution < -0.4 is 10.5 Å². The third-order valence-electron chi connectivity index (χ3n) is 2.34. The summed E-state index contributed by atoms with van der Waals surface area (Å²) in [5, 5.41) is -0.0727. The van der Waals surface area contributed by atoms with Crippen LogP contribution in [-0.2, 0) is 0 Å². The molecule has 0 saturated heterocycles. The number of hydrogen-bond acceptors (Lipinski definition) is 2. The van der Waals surface area contributed by atoms with Crippen molar-refractivity contribution in [3.8, 4) is 11.5 Å². The molecule has 2 aromatic rings. The molecule has 0 aliphatic rings. The molecule has 2 rings (SSSR count). The maximum Gasteiger partial charge on any atom is 0.184 e. The summed E-state index contributed by atoms with van der Waals surface area (Å²) in [6.07, 6.45) is 0. The summed E-state index contributed by atoms with van der Waals surface area (Å²) in [5.41, 5.74) is 5.66. The van der Waals surface area contributed by atoms with Gasteiger partial charge in [-0.05, 0) is 30.3 Å². The number of ether oxygens (including phenoxy) is 1. The highest BCUT2D eigenvalue weighted by atomic mass is 35.5. The van der Waals surface area contributed by atoms with Crippen molar-refractivity contribution in [3.63, 3.8) is 0 Å². The lowest BCUT2D eigenvalue weighted by atomic mass is 10.2. The Morgan fingerprint density at radius 1 is 1.16 bits per heavy atom. The maximum atomic E-state index is 13.7. The lowest BCUT2D eigenvalue weighted by molar-refractivity contribution is 0.440. The second kappa shape index (κ2) is 5.50. The molecule has 0 aliphatic heterocycles. The lowest BCUT2D eigenvalue weighted by Gasteiger charge is -2.11. The second-order valence-corrected chi connectivity index (χ2v) is 4.51. The van der Waals surface area contributed by atoms with Crippen LogP contribution in [0, 0.1) is 11.6 Å². The summed E-state index contributed by atoms with van der Waals surface area (Å²) in [7, 11) is 0. The molecule has 0 amide bonds. The first-order chi connectivity index (χ1) is 8.99. The van der Waals surface area contributed by atoms with Crippen molar-refractivity contribution in [1.82, 2.24) is 0 Å². The van der Waals surface area contributed by atoms with Gasteiger partial charge in [0.15, 0.2) is 11.6 Å². The van der Waals surface area contributed by atoms with Gasteiger partial charge in [0.05, 0.1) is 10.6 Å². The van der Waals surface area contributed by atoms with Gasteiger partial charge in [0.25, 0.3) is 0 Å². The topological polar surface area (TPSA) is 35.2 Å². The van der Waals surface area contributed by atoms with E-state index in [1.807, 2.05) is 0 Å². The molecule has 2 aromatic carbocycles. The first-order valence-corrected chi connectivity index (χ1v) is 5.99. The molecule has 98 valence electrons. The van der Waals surface area contributed by atoms with Gasteiger partial charge in [0.2, 0.25) is 0 Å². The summed E-state index contributed by atoms with van der Waals surface area (Å²) >= 11 is 10.4. The largest absolute Gasteiger partial charge is 0.453 e. The molecule has 0 atom stereocenters. The van der Waals surface area contributed by atoms with Gasteiger partial charge < -0.3 is 10.5 Å². The van der Waals surface area contributed by atoms with Crippen LogP contribution in [0.4, 0.5) is 8.78 Å². The molecule has 0 saturated carbocycles. The lowest BCUT2D eigenvalue weighted by Crippen LogP contribution is -2.11. The molecule has 0 spiro atoms. The van der Waals surface area contributed by atoms with Crippen molar-refractivity contribution >= 4 is 28.8 Å². The average Bonchev–Trinajstić information content (AvgIpc) is 2.36. The highest BCUT2D eigenvalue weighted by molar-refractivity contribution is 7.80. The molecule has 2 nitrogen and oxygen atoms in total. The summed E-state index contributed by atoms with van der Waals surface area (Å²) in [6.45, 7) is 0. The number of nitrogens with two attached hydrogens (primary N) is 1. The van der Waals surface area contributed by atoms with Crippen LogP contribution in [0.2, 0.25) is 5.02 Å². The van der Waals surface area contributed by atoms with E-state index < -0.39 is 11.6 Å². The van der Waals surface area contributed by atoms with Crippen molar-refractivity contribution < 1.29 is 13.5 Å². The minimum atomic E-state index is -0.706. The molecule has 0 radical (unpaired) electrons. The molecular weight excluding hydrogens is 292 g/mol. The van der Waals surface area contributed by atoms with E-state index in [1.165, 1.54) is 30.3 Å². The fourth-order valence-electron chi connectivity index (χ4n) is 1.47. The fraction of sp³-hybridized carbons (Fsp3) is 0. The van der Waals surface area contributed by atoms with E-state index in [0.29, 0.717) is 0 Å². The summed E-state index contributed by atoms with van der Waals surface area (Å²) in [6, 6.07) is 7.94. The zero-order chi connectivity index (χ0) is 14.0. The van der Waals surface area contributed by atoms with E-state index in [0.717, 1.165) is 6.07 Å². The Balaban J connectivity index is 2.44. The van der Waals surface area contributed by atoms with Crippen molar-refractivity contribution in [2.24, 2.45) is 5.73 Å². The van der Waals surface area contributed by atoms with Crippen molar-refractivity contribution in [2.75, 3.05) is 0 Å². The van der Waals surface area contributed by atoms with Crippen LogP contribution in [0.15, 0.2) is 36.4 Å². The van der Waals surface area contributed by atoms with Crippen molar-refractivity contribution in [1.29, 1.82) is 0 Å². The highest BCUT2D eigenvalue weighted by Crippen LogP contribution is 2.31. The van der Waals surface area contributed by atoms with Gasteiger partial charge >= 0.3 is 0 Å². The molecule has 0 aromatic heterocycles. The van der Waals surface area contributed by atoms with Gasteiger partial charge in [-0.3, -0.25) is 0 Å². The molecule has 0 bridgehead atoms. The first-order valence-electron chi connectivity index (χ1n) is 5.20. The number of thiocarbonyl (C=S) groups is 1. The quantitative estimate of drug-likeness (QED) is 0.869. The van der Waals surface area contributed by atoms with Crippen LogP contribution in [0.25, 0.3) is 0 Å². The van der Waals surface area contributed by atoms with Gasteiger partial charge in [-0.1, -0.05) is 29.9 Å². The van der Waals surface area contributed by atoms with E-state index in [-0.39, 0.29) is 27.1 Å². The second-order valence-electron chi connectivity index (χ2n) is 3.66. The molecule has 19 heavy (non-hydrogen) atoms. The zero-order valence-corrected chi connectivity index (χ0v) is 11.1. The molecule has 2 N–H and O–H groups in total. The number of rotatable bonds is 3. The minimum absolute atomic E-state index is 0.0445. The number of halogens is 3. The summed E-state index contributed by atoms with van der Waals surface area (Å²) in [5.74, 6) is -1.14. The third-order valence-corrected chi connectivity index (χ3v) is 2.85. The van der Waals surface area contributed by atoms with Crippen LogP contribution in [0.3, 0.4) is 0 Å². The van der Waals surface area contributed by atoms with Crippen LogP contribution in [0.5, 0.6) is 11.5 Å². The molecule has 0 heterocycles. The Hall–Kier alpha value is -1.72. The zero-order valence-electron chi connectivity index (χ0n) is 9.49. The highest BCUT2D eigenvalue weighted by Gasteiger charge is 2.13. The first kappa shape index (κ1) is 13.7. The SMILES string of the molecule is NC(=S)c1cc(F)ccc1Oc1cccc(Cl)c1F. The number of benzene rings is 2. The molecule has 0 fully saturated rings. The van der Waals surface area contributed by atoms with Gasteiger partial charge in [0.1, 0.15) is 16.6 Å². The predicted octanol–water partition coefficient (Wildman–Crippen LogP) is 4.04. The van der Waals surface area contributed by atoms with Gasteiger partial charge in [0, 0.05) is 0 Å². The Bertz CT molecular complexity index is 649. The minimum Gasteiger partial charge on any atom is -0.453 e. The Morgan fingerprint density at radius 3 is 2.58 bits per heavy atom. The maximum absolute atomic E-state index is 13.7. The van der Waals surface area contributed by atoms with Gasteiger partial charge in [-0.2, -0.15) is 0 Å². The van der Waals surface area contributed by atoms with Crippen molar-refractivity contribution in [2.45, 2.75) is 0 Å². The Kier molecular flexibility index (Phi) is 3.97. The van der Waals surface area contributed by atoms with Crippen molar-refractivity contribution in [3.05, 3.63) is 58.6 Å². The van der Waals surface area contributed by atoms with Crippen LogP contribution in [0.1, 0.15) is 5.56 Å². The summed E-state index contributed by atoms with van der Waals surface area (Å²) in [4.78, 5) is -0.0445. The van der Waals surface area contributed by atoms with Gasteiger partial charge in [-0.25, -0.2) is 8.78 Å². The van der Waals surface area contributed by atoms with E-state index in [2.05, 4.69) is 0 Å². The van der Waals surface area contributed by atoms with E-state index in [9.17, 15) is 8.78 Å². The monoisotopic (exact) mass is 299 g/mol. The molecule has 6 heteroatoms. The fourth-order valence-corrected chi connectivity index (χ4v) is 1.79. The Morgan fingerprint density at radius 2 is 1.89 bits per heavy atom. The Labute approximate surface area is 118 Å². The molecular formula is C13H8ClF2NOS. The predicted molar refractivity (Wildman–Crippen MR) is 73.8 cm³/mol. The van der Waals surface area contributed by atoms with Gasteiger partial charge in [-0.15, -0.1) is 0 Å². The number of hydrogen-bond donors (Lipinski definition) is 1. The smallest absolute Gasteiger partial charge is 0.184 e. The van der Waals surface area contributed by atoms with E-state index >= 15 is 0 Å². The van der Waals surface area contributed by atoms with E-state index in [4.69, 9.17) is 34.3 Å².